The molecule has 1 saturated heterocycles. The molecule has 2 N–H and O–H groups in total. The summed E-state index contributed by atoms with van der Waals surface area (Å²) < 4.78 is 25.9. The van der Waals surface area contributed by atoms with Crippen molar-refractivity contribution in [2.24, 2.45) is 11.7 Å². The van der Waals surface area contributed by atoms with E-state index in [1.807, 2.05) is 11.8 Å². The van der Waals surface area contributed by atoms with Crippen LogP contribution < -0.4 is 5.73 Å². The van der Waals surface area contributed by atoms with Gasteiger partial charge in [-0.1, -0.05) is 6.92 Å². The Labute approximate surface area is 78.1 Å². The summed E-state index contributed by atoms with van der Waals surface area (Å²) in [7, 11) is 0. The van der Waals surface area contributed by atoms with E-state index in [-0.39, 0.29) is 12.6 Å². The Morgan fingerprint density at radius 1 is 1.46 bits per heavy atom. The lowest BCUT2D eigenvalue weighted by molar-refractivity contribution is -0.0266. The highest BCUT2D eigenvalue weighted by Crippen LogP contribution is 2.26. The van der Waals surface area contributed by atoms with Crippen LogP contribution in [0.5, 0.6) is 0 Å². The van der Waals surface area contributed by atoms with Crippen LogP contribution in [-0.2, 0) is 0 Å². The Balaban J connectivity index is 2.46. The van der Waals surface area contributed by atoms with E-state index in [1.54, 1.807) is 0 Å². The van der Waals surface area contributed by atoms with Crippen LogP contribution in [0.3, 0.4) is 0 Å². The molecule has 0 saturated carbocycles. The minimum absolute atomic E-state index is 0.186. The fourth-order valence-corrected chi connectivity index (χ4v) is 1.76. The van der Waals surface area contributed by atoms with E-state index in [2.05, 4.69) is 6.92 Å². The summed E-state index contributed by atoms with van der Waals surface area (Å²) in [6.45, 7) is 4.15. The minimum atomic E-state index is -2.72. The highest BCUT2D eigenvalue weighted by atomic mass is 19.3. The van der Waals surface area contributed by atoms with Crippen molar-refractivity contribution in [2.75, 3.05) is 19.6 Å². The molecule has 0 spiro atoms. The van der Waals surface area contributed by atoms with Crippen molar-refractivity contribution in [3.8, 4) is 0 Å². The zero-order valence-electron chi connectivity index (χ0n) is 8.26. The summed E-state index contributed by atoms with van der Waals surface area (Å²) in [5.74, 6) is -2.20. The van der Waals surface area contributed by atoms with Crippen LogP contribution in [0.1, 0.15) is 20.3 Å². The van der Waals surface area contributed by atoms with Crippen molar-refractivity contribution in [3.05, 3.63) is 0 Å². The van der Waals surface area contributed by atoms with Gasteiger partial charge in [0.1, 0.15) is 0 Å². The molecular weight excluding hydrogens is 174 g/mol. The lowest BCUT2D eigenvalue weighted by Crippen LogP contribution is -2.43. The molecule has 13 heavy (non-hydrogen) atoms. The van der Waals surface area contributed by atoms with Crippen LogP contribution >= 0.6 is 0 Å². The average Bonchev–Trinajstić information content (AvgIpc) is 2.36. The van der Waals surface area contributed by atoms with Crippen molar-refractivity contribution in [1.82, 2.24) is 4.90 Å². The van der Waals surface area contributed by atoms with Crippen LogP contribution in [0.2, 0.25) is 0 Å². The molecule has 0 aliphatic carbocycles. The van der Waals surface area contributed by atoms with Gasteiger partial charge in [-0.25, -0.2) is 8.78 Å². The highest BCUT2D eigenvalue weighted by Gasteiger charge is 2.36. The number of rotatable bonds is 3. The van der Waals surface area contributed by atoms with Crippen LogP contribution in [0.4, 0.5) is 8.78 Å². The first-order valence-electron chi connectivity index (χ1n) is 4.78. The zero-order chi connectivity index (χ0) is 10.1. The molecule has 78 valence electrons. The van der Waals surface area contributed by atoms with Crippen molar-refractivity contribution in [1.29, 1.82) is 0 Å². The van der Waals surface area contributed by atoms with Gasteiger partial charge < -0.3 is 5.73 Å². The van der Waals surface area contributed by atoms with Crippen LogP contribution in [0.25, 0.3) is 0 Å². The molecule has 1 fully saturated rings. The maximum absolute atomic E-state index is 12.9. The van der Waals surface area contributed by atoms with E-state index in [4.69, 9.17) is 5.73 Å². The first-order chi connectivity index (χ1) is 5.96. The lowest BCUT2D eigenvalue weighted by atomic mass is 10.1. The summed E-state index contributed by atoms with van der Waals surface area (Å²) in [4.78, 5) is 1.83. The molecule has 1 aliphatic heterocycles. The van der Waals surface area contributed by atoms with E-state index in [1.165, 1.54) is 0 Å². The molecule has 0 aromatic carbocycles. The van der Waals surface area contributed by atoms with Crippen molar-refractivity contribution in [2.45, 2.75) is 32.2 Å². The highest BCUT2D eigenvalue weighted by molar-refractivity contribution is 4.85. The zero-order valence-corrected chi connectivity index (χ0v) is 8.26. The maximum atomic E-state index is 12.9. The molecule has 1 heterocycles. The second-order valence-electron chi connectivity index (χ2n) is 4.04. The van der Waals surface area contributed by atoms with Crippen molar-refractivity contribution >= 4 is 0 Å². The number of halogens is 2. The molecule has 0 aromatic rings. The van der Waals surface area contributed by atoms with Gasteiger partial charge in [-0.15, -0.1) is 0 Å². The maximum Gasteiger partial charge on any atom is 0.272 e. The Hall–Kier alpha value is -0.220. The molecule has 0 bridgehead atoms. The van der Waals surface area contributed by atoms with Crippen molar-refractivity contribution < 1.29 is 8.78 Å². The van der Waals surface area contributed by atoms with Gasteiger partial charge in [-0.05, 0) is 25.8 Å². The Bertz CT molecular complexity index is 173. The average molecular weight is 192 g/mol. The Morgan fingerprint density at radius 3 is 2.46 bits per heavy atom. The van der Waals surface area contributed by atoms with Gasteiger partial charge in [0.25, 0.3) is 5.92 Å². The second-order valence-corrected chi connectivity index (χ2v) is 4.04. The van der Waals surface area contributed by atoms with Crippen molar-refractivity contribution in [3.63, 3.8) is 0 Å². The third kappa shape index (κ3) is 2.61. The molecule has 1 rings (SSSR count). The van der Waals surface area contributed by atoms with Crippen LogP contribution in [-0.4, -0.2) is 36.5 Å². The standard InChI is InChI=1S/C9H18F2N2/c1-7-3-4-13(8(7)2)6-9(10,11)5-12/h7-8H,3-6,12H2,1-2H3. The topological polar surface area (TPSA) is 29.3 Å². The first-order valence-corrected chi connectivity index (χ1v) is 4.78. The van der Waals surface area contributed by atoms with Crippen LogP contribution in [0, 0.1) is 5.92 Å². The number of hydrogen-bond donors (Lipinski definition) is 1. The predicted molar refractivity (Wildman–Crippen MR) is 48.8 cm³/mol. The fraction of sp³-hybridized carbons (Fsp3) is 1.00. The molecule has 2 nitrogen and oxygen atoms in total. The smallest absolute Gasteiger partial charge is 0.272 e. The summed E-state index contributed by atoms with van der Waals surface area (Å²) in [5, 5.41) is 0. The normalized spacial score (nSPS) is 31.2. The number of alkyl halides is 2. The SMILES string of the molecule is CC1CCN(CC(F)(F)CN)C1C. The number of hydrogen-bond acceptors (Lipinski definition) is 2. The quantitative estimate of drug-likeness (QED) is 0.730. The van der Waals surface area contributed by atoms with Gasteiger partial charge in [0, 0.05) is 6.04 Å². The molecule has 2 unspecified atom stereocenters. The summed E-state index contributed by atoms with van der Waals surface area (Å²) in [6.07, 6.45) is 1.02. The lowest BCUT2D eigenvalue weighted by Gasteiger charge is -2.27. The minimum Gasteiger partial charge on any atom is -0.325 e. The molecule has 4 heteroatoms. The molecule has 0 amide bonds. The summed E-state index contributed by atoms with van der Waals surface area (Å²) in [5.41, 5.74) is 4.99. The van der Waals surface area contributed by atoms with E-state index < -0.39 is 12.5 Å². The molecule has 2 atom stereocenters. The summed E-state index contributed by atoms with van der Waals surface area (Å²) >= 11 is 0. The third-order valence-electron chi connectivity index (χ3n) is 3.00. The van der Waals surface area contributed by atoms with E-state index in [0.717, 1.165) is 13.0 Å². The first kappa shape index (κ1) is 10.9. The van der Waals surface area contributed by atoms with Gasteiger partial charge in [0.05, 0.1) is 13.1 Å². The Morgan fingerprint density at radius 2 is 2.08 bits per heavy atom. The second kappa shape index (κ2) is 3.88. The molecular formula is C9H18F2N2. The number of nitrogens with two attached hydrogens (primary N) is 1. The third-order valence-corrected chi connectivity index (χ3v) is 3.00. The van der Waals surface area contributed by atoms with E-state index in [9.17, 15) is 8.78 Å². The number of nitrogens with zero attached hydrogens (tertiary/aromatic N) is 1. The van der Waals surface area contributed by atoms with Gasteiger partial charge in [0.2, 0.25) is 0 Å². The molecule has 0 aromatic heterocycles. The van der Waals surface area contributed by atoms with Gasteiger partial charge in [-0.2, -0.15) is 0 Å². The molecule has 0 radical (unpaired) electrons. The van der Waals surface area contributed by atoms with Crippen LogP contribution in [0.15, 0.2) is 0 Å². The van der Waals surface area contributed by atoms with Gasteiger partial charge >= 0.3 is 0 Å². The summed E-state index contributed by atoms with van der Waals surface area (Å²) in [6, 6.07) is 0.262. The largest absolute Gasteiger partial charge is 0.325 e. The Kier molecular flexibility index (Phi) is 3.24. The molecule has 1 aliphatic rings. The van der Waals surface area contributed by atoms with E-state index >= 15 is 0 Å². The predicted octanol–water partition coefficient (Wildman–Crippen LogP) is 1.31. The fourth-order valence-electron chi connectivity index (χ4n) is 1.76. The van der Waals surface area contributed by atoms with Gasteiger partial charge in [0.15, 0.2) is 0 Å². The van der Waals surface area contributed by atoms with Gasteiger partial charge in [-0.3, -0.25) is 4.90 Å². The number of likely N-dealkylation sites (tertiary alicyclic amines) is 1. The monoisotopic (exact) mass is 192 g/mol. The van der Waals surface area contributed by atoms with E-state index in [0.29, 0.717) is 5.92 Å².